The van der Waals surface area contributed by atoms with Crippen molar-refractivity contribution in [3.63, 3.8) is 0 Å². The molecule has 1 aliphatic rings. The van der Waals surface area contributed by atoms with Gasteiger partial charge < -0.3 is 10.5 Å². The van der Waals surface area contributed by atoms with Crippen LogP contribution in [-0.4, -0.2) is 13.2 Å². The maximum Gasteiger partial charge on any atom is 0.118 e. The van der Waals surface area contributed by atoms with Gasteiger partial charge in [0, 0.05) is 6.04 Å². The molecule has 0 saturated heterocycles. The maximum absolute atomic E-state index is 6.27. The fourth-order valence-corrected chi connectivity index (χ4v) is 3.45. The third kappa shape index (κ3) is 1.75. The van der Waals surface area contributed by atoms with Crippen molar-refractivity contribution >= 4 is 0 Å². The van der Waals surface area contributed by atoms with Gasteiger partial charge in [0.1, 0.15) is 5.75 Å². The normalized spacial score (nSPS) is 36.4. The second kappa shape index (κ2) is 4.34. The average molecular weight is 233 g/mol. The van der Waals surface area contributed by atoms with Gasteiger partial charge in [-0.25, -0.2) is 0 Å². The first-order valence-electron chi connectivity index (χ1n) is 6.44. The van der Waals surface area contributed by atoms with Crippen LogP contribution >= 0.6 is 0 Å². The van der Waals surface area contributed by atoms with Gasteiger partial charge in [0.2, 0.25) is 0 Å². The third-order valence-corrected chi connectivity index (χ3v) is 4.80. The van der Waals surface area contributed by atoms with Gasteiger partial charge in [0.25, 0.3) is 0 Å². The molecule has 2 heteroatoms. The number of ether oxygens (including phenoxy) is 1. The zero-order valence-corrected chi connectivity index (χ0v) is 11.2. The zero-order valence-electron chi connectivity index (χ0n) is 11.2. The van der Waals surface area contributed by atoms with E-state index in [4.69, 9.17) is 10.5 Å². The summed E-state index contributed by atoms with van der Waals surface area (Å²) in [6.45, 7) is 6.81. The van der Waals surface area contributed by atoms with E-state index >= 15 is 0 Å². The molecular weight excluding hydrogens is 210 g/mol. The number of hydrogen-bond acceptors (Lipinski definition) is 2. The predicted octanol–water partition coefficient (Wildman–Crippen LogP) is 3.17. The summed E-state index contributed by atoms with van der Waals surface area (Å²) in [5.41, 5.74) is 7.91. The highest BCUT2D eigenvalue weighted by atomic mass is 16.5. The summed E-state index contributed by atoms with van der Waals surface area (Å²) in [6, 6.07) is 8.77. The topological polar surface area (TPSA) is 35.2 Å². The van der Waals surface area contributed by atoms with E-state index in [1.54, 1.807) is 7.11 Å². The first kappa shape index (κ1) is 12.4. The Labute approximate surface area is 104 Å². The monoisotopic (exact) mass is 233 g/mol. The molecule has 2 rings (SSSR count). The molecule has 0 aliphatic heterocycles. The number of rotatable bonds is 3. The number of hydrogen-bond donors (Lipinski definition) is 1. The van der Waals surface area contributed by atoms with Crippen molar-refractivity contribution in [3.05, 3.63) is 29.8 Å². The van der Waals surface area contributed by atoms with Crippen molar-refractivity contribution in [1.29, 1.82) is 0 Å². The molecule has 17 heavy (non-hydrogen) atoms. The molecule has 0 spiro atoms. The Balaban J connectivity index is 2.27. The first-order valence-corrected chi connectivity index (χ1v) is 6.44. The quantitative estimate of drug-likeness (QED) is 0.870. The first-order chi connectivity index (χ1) is 8.04. The molecule has 94 valence electrons. The molecule has 0 heterocycles. The van der Waals surface area contributed by atoms with Gasteiger partial charge in [-0.15, -0.1) is 0 Å². The summed E-state index contributed by atoms with van der Waals surface area (Å²) in [7, 11) is 1.70. The van der Waals surface area contributed by atoms with Crippen molar-refractivity contribution in [2.75, 3.05) is 7.11 Å². The minimum absolute atomic E-state index is 0.244. The lowest BCUT2D eigenvalue weighted by Crippen LogP contribution is -2.60. The Kier molecular flexibility index (Phi) is 3.17. The van der Waals surface area contributed by atoms with Gasteiger partial charge in [-0.1, -0.05) is 32.9 Å². The van der Waals surface area contributed by atoms with E-state index in [0.29, 0.717) is 17.9 Å². The smallest absolute Gasteiger partial charge is 0.118 e. The molecule has 1 fully saturated rings. The van der Waals surface area contributed by atoms with Crippen LogP contribution in [0.3, 0.4) is 0 Å². The van der Waals surface area contributed by atoms with Gasteiger partial charge >= 0.3 is 0 Å². The van der Waals surface area contributed by atoms with Crippen LogP contribution in [-0.2, 0) is 0 Å². The summed E-state index contributed by atoms with van der Waals surface area (Å²) < 4.78 is 5.20. The van der Waals surface area contributed by atoms with E-state index in [9.17, 15) is 0 Å². The van der Waals surface area contributed by atoms with Crippen LogP contribution < -0.4 is 10.5 Å². The maximum atomic E-state index is 6.27. The fraction of sp³-hybridized carbons (Fsp3) is 0.600. The highest BCUT2D eigenvalue weighted by molar-refractivity contribution is 5.34. The van der Waals surface area contributed by atoms with Crippen molar-refractivity contribution in [3.8, 4) is 5.75 Å². The summed E-state index contributed by atoms with van der Waals surface area (Å²) in [5, 5.41) is 0. The lowest BCUT2D eigenvalue weighted by atomic mass is 9.49. The second-order valence-corrected chi connectivity index (χ2v) is 5.50. The summed E-state index contributed by atoms with van der Waals surface area (Å²) in [6.07, 6.45) is 1.13. The number of nitrogens with two attached hydrogens (primary N) is 1. The Morgan fingerprint density at radius 2 is 1.88 bits per heavy atom. The molecule has 1 aliphatic carbocycles. The van der Waals surface area contributed by atoms with E-state index in [1.807, 2.05) is 12.1 Å². The molecule has 2 nitrogen and oxygen atoms in total. The molecule has 1 aromatic carbocycles. The molecule has 4 unspecified atom stereocenters. The van der Waals surface area contributed by atoms with Crippen LogP contribution in [0.4, 0.5) is 0 Å². The second-order valence-electron chi connectivity index (χ2n) is 5.50. The van der Waals surface area contributed by atoms with Crippen LogP contribution in [0.1, 0.15) is 38.7 Å². The SMILES string of the molecule is CCC1(C)C(N)C(C)C1c1ccc(OC)cc1. The Bertz CT molecular complexity index is 386. The fourth-order valence-electron chi connectivity index (χ4n) is 3.45. The largest absolute Gasteiger partial charge is 0.497 e. The Morgan fingerprint density at radius 1 is 1.29 bits per heavy atom. The summed E-state index contributed by atoms with van der Waals surface area (Å²) in [4.78, 5) is 0. The molecule has 0 bridgehead atoms. The third-order valence-electron chi connectivity index (χ3n) is 4.80. The summed E-state index contributed by atoms with van der Waals surface area (Å²) in [5.74, 6) is 2.06. The van der Waals surface area contributed by atoms with Gasteiger partial charge in [0.05, 0.1) is 7.11 Å². The molecule has 2 N–H and O–H groups in total. The lowest BCUT2D eigenvalue weighted by Gasteiger charge is -2.58. The molecule has 0 radical (unpaired) electrons. The van der Waals surface area contributed by atoms with Gasteiger partial charge in [-0.2, -0.15) is 0 Å². The highest BCUT2D eigenvalue weighted by Crippen LogP contribution is 2.57. The van der Waals surface area contributed by atoms with Gasteiger partial charge in [-0.05, 0) is 41.4 Å². The van der Waals surface area contributed by atoms with E-state index in [1.165, 1.54) is 5.56 Å². The Morgan fingerprint density at radius 3 is 2.35 bits per heavy atom. The zero-order chi connectivity index (χ0) is 12.6. The standard InChI is InChI=1S/C15H23NO/c1-5-15(3)13(10(2)14(15)16)11-6-8-12(17-4)9-7-11/h6-10,13-14H,5,16H2,1-4H3. The van der Waals surface area contributed by atoms with Crippen LogP contribution in [0.2, 0.25) is 0 Å². The van der Waals surface area contributed by atoms with Crippen LogP contribution in [0.25, 0.3) is 0 Å². The van der Waals surface area contributed by atoms with Gasteiger partial charge in [0.15, 0.2) is 0 Å². The molecule has 1 aromatic rings. The van der Waals surface area contributed by atoms with E-state index in [0.717, 1.165) is 12.2 Å². The van der Waals surface area contributed by atoms with Crippen molar-refractivity contribution in [2.24, 2.45) is 17.1 Å². The van der Waals surface area contributed by atoms with Crippen molar-refractivity contribution < 1.29 is 4.74 Å². The molecule has 1 saturated carbocycles. The molecular formula is C15H23NO. The minimum atomic E-state index is 0.244. The molecule has 0 amide bonds. The highest BCUT2D eigenvalue weighted by Gasteiger charge is 2.54. The molecule has 4 atom stereocenters. The predicted molar refractivity (Wildman–Crippen MR) is 71.3 cm³/mol. The Hall–Kier alpha value is -1.02. The van der Waals surface area contributed by atoms with E-state index < -0.39 is 0 Å². The van der Waals surface area contributed by atoms with Crippen LogP contribution in [0.5, 0.6) is 5.75 Å². The van der Waals surface area contributed by atoms with Crippen LogP contribution in [0, 0.1) is 11.3 Å². The molecule has 0 aromatic heterocycles. The van der Waals surface area contributed by atoms with Gasteiger partial charge in [-0.3, -0.25) is 0 Å². The average Bonchev–Trinajstić information content (AvgIpc) is 2.38. The van der Waals surface area contributed by atoms with E-state index in [-0.39, 0.29) is 5.41 Å². The minimum Gasteiger partial charge on any atom is -0.497 e. The van der Waals surface area contributed by atoms with Crippen molar-refractivity contribution in [2.45, 2.75) is 39.2 Å². The number of methoxy groups -OCH3 is 1. The lowest BCUT2D eigenvalue weighted by molar-refractivity contribution is 0.00360. The summed E-state index contributed by atoms with van der Waals surface area (Å²) >= 11 is 0. The van der Waals surface area contributed by atoms with Crippen LogP contribution in [0.15, 0.2) is 24.3 Å². The van der Waals surface area contributed by atoms with E-state index in [2.05, 4.69) is 32.9 Å². The number of benzene rings is 1. The van der Waals surface area contributed by atoms with Crippen molar-refractivity contribution in [1.82, 2.24) is 0 Å².